The molecule has 2 aliphatic rings. The first-order valence-corrected chi connectivity index (χ1v) is 10.3. The molecule has 0 bridgehead atoms. The number of nitriles is 1. The van der Waals surface area contributed by atoms with E-state index in [0.29, 0.717) is 17.1 Å². The Hall–Kier alpha value is -2.98. The smallest absolute Gasteiger partial charge is 0.426 e. The fourth-order valence-corrected chi connectivity index (χ4v) is 4.94. The minimum absolute atomic E-state index is 0.440. The van der Waals surface area contributed by atoms with Crippen molar-refractivity contribution < 1.29 is 27.4 Å². The maximum atomic E-state index is 12.7. The molecule has 4 rings (SSSR count). The van der Waals surface area contributed by atoms with Crippen LogP contribution in [-0.2, 0) is 9.53 Å². The number of allylic oxidation sites excluding steroid dienone is 2. The van der Waals surface area contributed by atoms with Crippen LogP contribution in [0.25, 0.3) is 0 Å². The minimum atomic E-state index is -4.61. The average Bonchev–Trinajstić information content (AvgIpc) is 3.46. The number of hydrogen-bond acceptors (Lipinski definition) is 4. The van der Waals surface area contributed by atoms with E-state index in [4.69, 9.17) is 21.1 Å². The lowest BCUT2D eigenvalue weighted by Crippen LogP contribution is -2.23. The summed E-state index contributed by atoms with van der Waals surface area (Å²) in [6.07, 6.45) is -4.81. The van der Waals surface area contributed by atoms with E-state index in [9.17, 15) is 23.2 Å². The summed E-state index contributed by atoms with van der Waals surface area (Å²) in [5.74, 6) is -0.571. The van der Waals surface area contributed by atoms with Gasteiger partial charge in [0.2, 0.25) is 6.10 Å². The molecule has 2 fully saturated rings. The molecule has 2 aromatic carbocycles. The third kappa shape index (κ3) is 3.53. The Bertz CT molecular complexity index is 1110. The number of hydrogen-bond donors (Lipinski definition) is 0. The molecule has 2 unspecified atom stereocenters. The van der Waals surface area contributed by atoms with Gasteiger partial charge in [0.15, 0.2) is 0 Å². The summed E-state index contributed by atoms with van der Waals surface area (Å²) in [4.78, 5) is 12.7. The number of carbonyl (C=O) groups is 1. The third-order valence-electron chi connectivity index (χ3n) is 6.80. The molecule has 0 aromatic heterocycles. The van der Waals surface area contributed by atoms with Crippen LogP contribution in [0.1, 0.15) is 25.5 Å². The number of esters is 1. The Balaban J connectivity index is 1.43. The third-order valence-corrected chi connectivity index (χ3v) is 7.14. The van der Waals surface area contributed by atoms with Gasteiger partial charge in [0.1, 0.15) is 22.6 Å². The molecule has 0 amide bonds. The Morgan fingerprint density at radius 3 is 2.34 bits per heavy atom. The Morgan fingerprint density at radius 1 is 1.12 bits per heavy atom. The second kappa shape index (κ2) is 7.56. The first-order chi connectivity index (χ1) is 15.0. The second-order valence-electron chi connectivity index (χ2n) is 8.42. The van der Waals surface area contributed by atoms with Gasteiger partial charge in [-0.3, -0.25) is 4.79 Å². The molecule has 0 heterocycles. The molecule has 2 aromatic rings. The van der Waals surface area contributed by atoms with Gasteiger partial charge in [0.05, 0.1) is 5.92 Å². The molecule has 8 heteroatoms. The van der Waals surface area contributed by atoms with E-state index in [2.05, 4.69) is 0 Å². The van der Waals surface area contributed by atoms with Gasteiger partial charge in [0.25, 0.3) is 0 Å². The molecule has 2 saturated carbocycles. The monoisotopic (exact) mass is 461 g/mol. The maximum Gasteiger partial charge on any atom is 0.426 e. The molecule has 32 heavy (non-hydrogen) atoms. The highest BCUT2D eigenvalue weighted by Crippen LogP contribution is 2.94. The standard InChI is InChI=1S/C24H19ClF3NO3/c1-22-18(12-19(25)24(26,27)28)23(22,2)20(22)21(30)32-17(13-29)14-7-6-10-16(11-14)31-15-8-4-3-5-9-15/h3-12,17-18,20H,1-2H3/t17-,18?,20?,22?,23?/m1/s1. The normalized spacial score (nSPS) is 29.3. The fraction of sp³-hybridized carbons (Fsp3) is 0.333. The van der Waals surface area contributed by atoms with Crippen molar-refractivity contribution in [2.24, 2.45) is 22.7 Å². The first kappa shape index (κ1) is 22.2. The van der Waals surface area contributed by atoms with Crippen molar-refractivity contribution >= 4 is 17.6 Å². The highest BCUT2D eigenvalue weighted by Gasteiger charge is 2.94. The number of benzene rings is 2. The fourth-order valence-electron chi connectivity index (χ4n) is 4.81. The van der Waals surface area contributed by atoms with Gasteiger partial charge in [0, 0.05) is 5.56 Å². The molecule has 0 aliphatic heterocycles. The average molecular weight is 462 g/mol. The molecule has 3 atom stereocenters. The number of para-hydroxylation sites is 1. The molecule has 166 valence electrons. The van der Waals surface area contributed by atoms with Crippen LogP contribution in [0.5, 0.6) is 11.5 Å². The highest BCUT2D eigenvalue weighted by molar-refractivity contribution is 6.30. The predicted octanol–water partition coefficient (Wildman–Crippen LogP) is 6.54. The van der Waals surface area contributed by atoms with E-state index >= 15 is 0 Å². The number of rotatable bonds is 6. The first-order valence-electron chi connectivity index (χ1n) is 9.91. The zero-order valence-electron chi connectivity index (χ0n) is 17.2. The number of halogens is 4. The van der Waals surface area contributed by atoms with Crippen molar-refractivity contribution in [1.29, 1.82) is 5.26 Å². The van der Waals surface area contributed by atoms with Crippen molar-refractivity contribution in [3.8, 4) is 17.6 Å². The SMILES string of the molecule is CC12C(C=C(Cl)C(F)(F)F)C1(C)C2C(=O)O[C@H](C#N)c1cccc(Oc2ccccc2)c1. The van der Waals surface area contributed by atoms with Crippen LogP contribution in [0.2, 0.25) is 0 Å². The Kier molecular flexibility index (Phi) is 5.25. The molecule has 0 N–H and O–H groups in total. The van der Waals surface area contributed by atoms with E-state index in [1.165, 1.54) is 0 Å². The Morgan fingerprint density at radius 2 is 1.75 bits per heavy atom. The van der Waals surface area contributed by atoms with Crippen LogP contribution in [0.3, 0.4) is 0 Å². The van der Waals surface area contributed by atoms with Crippen molar-refractivity contribution in [2.75, 3.05) is 0 Å². The van der Waals surface area contributed by atoms with E-state index in [1.807, 2.05) is 24.3 Å². The summed E-state index contributed by atoms with van der Waals surface area (Å²) in [6.45, 7) is 3.46. The lowest BCUT2D eigenvalue weighted by Gasteiger charge is -2.19. The van der Waals surface area contributed by atoms with Crippen LogP contribution in [-0.4, -0.2) is 12.1 Å². The summed E-state index contributed by atoms with van der Waals surface area (Å²) in [5.41, 5.74) is -0.878. The number of ether oxygens (including phenoxy) is 2. The van der Waals surface area contributed by atoms with Gasteiger partial charge in [-0.25, -0.2) is 0 Å². The zero-order valence-corrected chi connectivity index (χ0v) is 17.9. The van der Waals surface area contributed by atoms with E-state index in [1.54, 1.807) is 50.2 Å². The van der Waals surface area contributed by atoms with Gasteiger partial charge < -0.3 is 9.47 Å². The molecular weight excluding hydrogens is 443 g/mol. The molecule has 0 spiro atoms. The number of alkyl halides is 3. The van der Waals surface area contributed by atoms with E-state index in [-0.39, 0.29) is 0 Å². The summed E-state index contributed by atoms with van der Waals surface area (Å²) >= 11 is 5.35. The van der Waals surface area contributed by atoms with Crippen molar-refractivity contribution in [2.45, 2.75) is 26.1 Å². The molecular formula is C24H19ClF3NO3. The molecule has 0 radical (unpaired) electrons. The van der Waals surface area contributed by atoms with E-state index < -0.39 is 45.9 Å². The van der Waals surface area contributed by atoms with Crippen molar-refractivity contribution in [3.05, 3.63) is 71.3 Å². The van der Waals surface area contributed by atoms with Gasteiger partial charge in [-0.2, -0.15) is 18.4 Å². The zero-order chi connectivity index (χ0) is 23.3. The lowest BCUT2D eigenvalue weighted by molar-refractivity contribution is -0.151. The van der Waals surface area contributed by atoms with Gasteiger partial charge in [-0.05, 0) is 41.0 Å². The van der Waals surface area contributed by atoms with Crippen molar-refractivity contribution in [1.82, 2.24) is 0 Å². The van der Waals surface area contributed by atoms with E-state index in [0.717, 1.165) is 6.08 Å². The topological polar surface area (TPSA) is 59.3 Å². The van der Waals surface area contributed by atoms with Crippen molar-refractivity contribution in [3.63, 3.8) is 0 Å². The summed E-state index contributed by atoms with van der Waals surface area (Å²) in [7, 11) is 0. The highest BCUT2D eigenvalue weighted by atomic mass is 35.5. The quantitative estimate of drug-likeness (QED) is 0.458. The van der Waals surface area contributed by atoms with Crippen LogP contribution in [0.15, 0.2) is 65.7 Å². The van der Waals surface area contributed by atoms with Crippen LogP contribution in [0, 0.1) is 34.0 Å². The number of nitrogens with zero attached hydrogens (tertiary/aromatic N) is 1. The van der Waals surface area contributed by atoms with Gasteiger partial charge in [-0.1, -0.05) is 61.9 Å². The van der Waals surface area contributed by atoms with Gasteiger partial charge >= 0.3 is 12.1 Å². The summed E-state index contributed by atoms with van der Waals surface area (Å²) in [6, 6.07) is 17.7. The molecule has 2 aliphatic carbocycles. The van der Waals surface area contributed by atoms with Gasteiger partial charge in [-0.15, -0.1) is 0 Å². The summed E-state index contributed by atoms with van der Waals surface area (Å²) < 4.78 is 49.4. The molecule has 0 saturated heterocycles. The minimum Gasteiger partial charge on any atom is -0.457 e. The number of carbonyl (C=O) groups excluding carboxylic acids is 1. The molecule has 4 nitrogen and oxygen atoms in total. The number of fused-ring (bicyclic) bond motifs is 1. The summed E-state index contributed by atoms with van der Waals surface area (Å²) in [5, 5.41) is 8.37. The van der Waals surface area contributed by atoms with Crippen LogP contribution in [0.4, 0.5) is 13.2 Å². The van der Waals surface area contributed by atoms with Crippen LogP contribution < -0.4 is 4.74 Å². The second-order valence-corrected chi connectivity index (χ2v) is 8.83. The Labute approximate surface area is 188 Å². The van der Waals surface area contributed by atoms with Crippen LogP contribution >= 0.6 is 11.6 Å². The predicted molar refractivity (Wildman–Crippen MR) is 111 cm³/mol. The maximum absolute atomic E-state index is 12.7. The lowest BCUT2D eigenvalue weighted by atomic mass is 9.92. The largest absolute Gasteiger partial charge is 0.457 e.